The highest BCUT2D eigenvalue weighted by atomic mass is 16.5. The van der Waals surface area contributed by atoms with Gasteiger partial charge < -0.3 is 10.5 Å². The van der Waals surface area contributed by atoms with Crippen molar-refractivity contribution < 1.29 is 4.74 Å². The Kier molecular flexibility index (Phi) is 4.64. The molecule has 0 aromatic heterocycles. The number of nitrogens with two attached hydrogens (primary N) is 1. The molecule has 0 aliphatic heterocycles. The molecule has 1 atom stereocenters. The van der Waals surface area contributed by atoms with E-state index in [1.165, 1.54) is 36.8 Å². The van der Waals surface area contributed by atoms with Crippen LogP contribution in [0.25, 0.3) is 0 Å². The number of aryl methyl sites for hydroxylation is 1. The van der Waals surface area contributed by atoms with Crippen LogP contribution in [0, 0.1) is 12.3 Å². The maximum absolute atomic E-state index is 6.24. The summed E-state index contributed by atoms with van der Waals surface area (Å²) in [6, 6.07) is 8.31. The summed E-state index contributed by atoms with van der Waals surface area (Å²) >= 11 is 0. The van der Waals surface area contributed by atoms with Crippen LogP contribution >= 0.6 is 0 Å². The average molecular weight is 261 g/mol. The third-order valence-electron chi connectivity index (χ3n) is 4.39. The van der Waals surface area contributed by atoms with E-state index in [1.807, 2.05) is 6.07 Å². The van der Waals surface area contributed by atoms with Gasteiger partial charge in [0.15, 0.2) is 0 Å². The summed E-state index contributed by atoms with van der Waals surface area (Å²) in [5.41, 5.74) is 9.20. The van der Waals surface area contributed by atoms with Crippen LogP contribution in [0.5, 0.6) is 0 Å². The number of rotatable bonds is 4. The summed E-state index contributed by atoms with van der Waals surface area (Å²) in [5, 5.41) is 0. The molecule has 2 rings (SSSR count). The Balaban J connectivity index is 1.82. The first kappa shape index (κ1) is 14.5. The zero-order chi connectivity index (χ0) is 13.9. The summed E-state index contributed by atoms with van der Waals surface area (Å²) in [7, 11) is 0. The van der Waals surface area contributed by atoms with Gasteiger partial charge in [-0.15, -0.1) is 0 Å². The van der Waals surface area contributed by atoms with E-state index in [2.05, 4.69) is 39.0 Å². The lowest BCUT2D eigenvalue weighted by molar-refractivity contribution is -0.00190. The average Bonchev–Trinajstić information content (AvgIpc) is 2.38. The van der Waals surface area contributed by atoms with Gasteiger partial charge in [-0.2, -0.15) is 0 Å². The number of hydrogen-bond donors (Lipinski definition) is 1. The molecule has 2 N–H and O–H groups in total. The van der Waals surface area contributed by atoms with Crippen molar-refractivity contribution in [3.8, 4) is 0 Å². The Bertz CT molecular complexity index is 403. The van der Waals surface area contributed by atoms with Crippen molar-refractivity contribution in [3.63, 3.8) is 0 Å². The monoisotopic (exact) mass is 261 g/mol. The van der Waals surface area contributed by atoms with Gasteiger partial charge in [0.1, 0.15) is 0 Å². The van der Waals surface area contributed by atoms with Crippen LogP contribution < -0.4 is 5.73 Å². The smallest absolute Gasteiger partial charge is 0.0663 e. The van der Waals surface area contributed by atoms with Crippen LogP contribution in [-0.4, -0.2) is 12.7 Å². The van der Waals surface area contributed by atoms with E-state index in [9.17, 15) is 0 Å². The second-order valence-corrected chi connectivity index (χ2v) is 6.66. The molecule has 1 fully saturated rings. The molecule has 2 heteroatoms. The molecule has 1 saturated carbocycles. The molecule has 1 aliphatic carbocycles. The minimum atomic E-state index is -0.00358. The van der Waals surface area contributed by atoms with Gasteiger partial charge in [0.25, 0.3) is 0 Å². The third-order valence-corrected chi connectivity index (χ3v) is 4.39. The fourth-order valence-electron chi connectivity index (χ4n) is 2.87. The fraction of sp³-hybridized carbons (Fsp3) is 0.647. The molecule has 1 aromatic carbocycles. The van der Waals surface area contributed by atoms with E-state index in [1.54, 1.807) is 0 Å². The Hall–Kier alpha value is -0.860. The molecular weight excluding hydrogens is 234 g/mol. The van der Waals surface area contributed by atoms with E-state index in [0.29, 0.717) is 18.1 Å². The van der Waals surface area contributed by atoms with Crippen LogP contribution in [0.15, 0.2) is 24.3 Å². The van der Waals surface area contributed by atoms with Crippen molar-refractivity contribution in [1.29, 1.82) is 0 Å². The molecule has 0 saturated heterocycles. The van der Waals surface area contributed by atoms with Crippen molar-refractivity contribution in [2.24, 2.45) is 11.1 Å². The Morgan fingerprint density at radius 3 is 2.53 bits per heavy atom. The second kappa shape index (κ2) is 6.06. The largest absolute Gasteiger partial charge is 0.376 e. The minimum Gasteiger partial charge on any atom is -0.376 e. The van der Waals surface area contributed by atoms with Gasteiger partial charge in [-0.05, 0) is 49.1 Å². The molecular formula is C17H27NO. The van der Waals surface area contributed by atoms with Crippen molar-refractivity contribution >= 4 is 0 Å². The van der Waals surface area contributed by atoms with Crippen molar-refractivity contribution in [3.05, 3.63) is 35.4 Å². The highest BCUT2D eigenvalue weighted by Crippen LogP contribution is 2.36. The summed E-state index contributed by atoms with van der Waals surface area (Å²) in [5.74, 6) is 0. The normalized spacial score (nSPS) is 21.3. The van der Waals surface area contributed by atoms with Crippen LogP contribution in [0.1, 0.15) is 56.7 Å². The van der Waals surface area contributed by atoms with E-state index >= 15 is 0 Å². The quantitative estimate of drug-likeness (QED) is 0.889. The number of benzene rings is 1. The molecule has 0 amide bonds. The lowest BCUT2D eigenvalue weighted by Crippen LogP contribution is -2.29. The SMILES string of the molecule is Cc1ccccc1C(N)COC1CCC(C)(C)CC1. The van der Waals surface area contributed by atoms with E-state index in [4.69, 9.17) is 10.5 Å². The summed E-state index contributed by atoms with van der Waals surface area (Å²) in [6.45, 7) is 7.44. The van der Waals surface area contributed by atoms with E-state index in [0.717, 1.165) is 0 Å². The molecule has 0 spiro atoms. The van der Waals surface area contributed by atoms with Crippen LogP contribution in [0.2, 0.25) is 0 Å². The van der Waals surface area contributed by atoms with Gasteiger partial charge in [0.2, 0.25) is 0 Å². The molecule has 1 aromatic rings. The van der Waals surface area contributed by atoms with Gasteiger partial charge in [0.05, 0.1) is 18.8 Å². The highest BCUT2D eigenvalue weighted by Gasteiger charge is 2.27. The highest BCUT2D eigenvalue weighted by molar-refractivity contribution is 5.28. The summed E-state index contributed by atoms with van der Waals surface area (Å²) in [4.78, 5) is 0. The van der Waals surface area contributed by atoms with Crippen LogP contribution in [0.3, 0.4) is 0 Å². The molecule has 0 bridgehead atoms. The molecule has 0 heterocycles. The number of hydrogen-bond acceptors (Lipinski definition) is 2. The molecule has 1 unspecified atom stereocenters. The van der Waals surface area contributed by atoms with Crippen LogP contribution in [-0.2, 0) is 4.74 Å². The van der Waals surface area contributed by atoms with Gasteiger partial charge in [-0.3, -0.25) is 0 Å². The minimum absolute atomic E-state index is 0.00358. The van der Waals surface area contributed by atoms with Gasteiger partial charge in [0, 0.05) is 0 Å². The Morgan fingerprint density at radius 1 is 1.26 bits per heavy atom. The van der Waals surface area contributed by atoms with Crippen molar-refractivity contribution in [2.45, 2.75) is 58.6 Å². The molecule has 0 radical (unpaired) electrons. The molecule has 19 heavy (non-hydrogen) atoms. The van der Waals surface area contributed by atoms with Crippen molar-refractivity contribution in [2.75, 3.05) is 6.61 Å². The first-order valence-corrected chi connectivity index (χ1v) is 7.41. The van der Waals surface area contributed by atoms with E-state index in [-0.39, 0.29) is 6.04 Å². The van der Waals surface area contributed by atoms with Gasteiger partial charge in [-0.1, -0.05) is 38.1 Å². The lowest BCUT2D eigenvalue weighted by Gasteiger charge is -2.34. The first-order chi connectivity index (χ1) is 8.98. The number of ether oxygens (including phenoxy) is 1. The zero-order valence-corrected chi connectivity index (χ0v) is 12.5. The summed E-state index contributed by atoms with van der Waals surface area (Å²) < 4.78 is 6.02. The second-order valence-electron chi connectivity index (χ2n) is 6.66. The fourth-order valence-corrected chi connectivity index (χ4v) is 2.87. The first-order valence-electron chi connectivity index (χ1n) is 7.41. The maximum Gasteiger partial charge on any atom is 0.0663 e. The predicted molar refractivity (Wildman–Crippen MR) is 80.1 cm³/mol. The van der Waals surface area contributed by atoms with Gasteiger partial charge in [-0.25, -0.2) is 0 Å². The van der Waals surface area contributed by atoms with Crippen LogP contribution in [0.4, 0.5) is 0 Å². The predicted octanol–water partition coefficient (Wildman–Crippen LogP) is 3.98. The Morgan fingerprint density at radius 2 is 1.89 bits per heavy atom. The topological polar surface area (TPSA) is 35.2 Å². The van der Waals surface area contributed by atoms with E-state index < -0.39 is 0 Å². The third kappa shape index (κ3) is 4.05. The van der Waals surface area contributed by atoms with Crippen molar-refractivity contribution in [1.82, 2.24) is 0 Å². The summed E-state index contributed by atoms with van der Waals surface area (Å²) in [6.07, 6.45) is 5.28. The maximum atomic E-state index is 6.24. The standard InChI is InChI=1S/C17H27NO/c1-13-6-4-5-7-15(13)16(18)12-19-14-8-10-17(2,3)11-9-14/h4-7,14,16H,8-12,18H2,1-3H3. The van der Waals surface area contributed by atoms with Gasteiger partial charge >= 0.3 is 0 Å². The molecule has 106 valence electrons. The molecule has 1 aliphatic rings. The zero-order valence-electron chi connectivity index (χ0n) is 12.5. The molecule has 2 nitrogen and oxygen atoms in total. The Labute approximate surface area is 117 Å². The lowest BCUT2D eigenvalue weighted by atomic mass is 9.76.